The van der Waals surface area contributed by atoms with Crippen molar-refractivity contribution >= 4 is 11.4 Å². The number of rotatable bonds is 2. The molecule has 2 heteroatoms. The summed E-state index contributed by atoms with van der Waals surface area (Å²) in [5, 5.41) is 6.73. The largest absolute Gasteiger partial charge is 0.269 e. The Morgan fingerprint density at radius 3 is 2.62 bits per heavy atom. The number of hydrazone groups is 1. The van der Waals surface area contributed by atoms with E-state index in [1.165, 1.54) is 31.4 Å². The molecule has 0 amide bonds. The van der Waals surface area contributed by atoms with E-state index in [0.717, 1.165) is 5.69 Å². The molecular formula is C14H20N2. The average Bonchev–Trinajstić information content (AvgIpc) is 2.33. The maximum atomic E-state index is 4.74. The minimum Gasteiger partial charge on any atom is -0.269 e. The van der Waals surface area contributed by atoms with Gasteiger partial charge in [-0.1, -0.05) is 31.5 Å². The van der Waals surface area contributed by atoms with Gasteiger partial charge in [-0.3, -0.25) is 5.01 Å². The number of hydrogen-bond acceptors (Lipinski definition) is 2. The van der Waals surface area contributed by atoms with Crippen LogP contribution in [0.2, 0.25) is 0 Å². The van der Waals surface area contributed by atoms with E-state index in [-0.39, 0.29) is 0 Å². The standard InChI is InChI=1S/C14H20N2/c1-12-8-6-7-11-14(12)15-16(2)13-9-4-3-5-10-13/h3-5,9-10,12H,6-8,11H2,1-2H3/b15-14+. The van der Waals surface area contributed by atoms with Crippen LogP contribution >= 0.6 is 0 Å². The maximum absolute atomic E-state index is 4.74. The van der Waals surface area contributed by atoms with Crippen molar-refractivity contribution in [2.75, 3.05) is 12.1 Å². The summed E-state index contributed by atoms with van der Waals surface area (Å²) in [6.45, 7) is 2.29. The van der Waals surface area contributed by atoms with E-state index in [4.69, 9.17) is 5.10 Å². The Labute approximate surface area is 98.0 Å². The Kier molecular flexibility index (Phi) is 3.60. The molecule has 2 nitrogen and oxygen atoms in total. The van der Waals surface area contributed by atoms with Crippen LogP contribution in [0.25, 0.3) is 0 Å². The highest BCUT2D eigenvalue weighted by Crippen LogP contribution is 2.22. The Balaban J connectivity index is 2.10. The fourth-order valence-corrected chi connectivity index (χ4v) is 2.21. The fourth-order valence-electron chi connectivity index (χ4n) is 2.21. The summed E-state index contributed by atoms with van der Waals surface area (Å²) in [7, 11) is 2.03. The van der Waals surface area contributed by atoms with Crippen LogP contribution in [0.4, 0.5) is 5.69 Å². The summed E-state index contributed by atoms with van der Waals surface area (Å²) in [6, 6.07) is 10.3. The van der Waals surface area contributed by atoms with Crippen molar-refractivity contribution in [2.24, 2.45) is 11.0 Å². The second-order valence-electron chi connectivity index (χ2n) is 4.60. The van der Waals surface area contributed by atoms with Crippen LogP contribution in [0.15, 0.2) is 35.4 Å². The van der Waals surface area contributed by atoms with Crippen molar-refractivity contribution in [3.8, 4) is 0 Å². The molecule has 0 radical (unpaired) electrons. The fraction of sp³-hybridized carbons (Fsp3) is 0.500. The van der Waals surface area contributed by atoms with Gasteiger partial charge < -0.3 is 0 Å². The van der Waals surface area contributed by atoms with E-state index in [2.05, 4.69) is 31.2 Å². The Morgan fingerprint density at radius 2 is 1.94 bits per heavy atom. The van der Waals surface area contributed by atoms with Crippen LogP contribution in [-0.2, 0) is 0 Å². The lowest BCUT2D eigenvalue weighted by Gasteiger charge is -2.23. The maximum Gasteiger partial charge on any atom is 0.0590 e. The lowest BCUT2D eigenvalue weighted by Crippen LogP contribution is -2.21. The Morgan fingerprint density at radius 1 is 1.19 bits per heavy atom. The lowest BCUT2D eigenvalue weighted by molar-refractivity contribution is 0.556. The van der Waals surface area contributed by atoms with Crippen LogP contribution in [0.5, 0.6) is 0 Å². The van der Waals surface area contributed by atoms with Gasteiger partial charge in [0.2, 0.25) is 0 Å². The van der Waals surface area contributed by atoms with Gasteiger partial charge in [-0.15, -0.1) is 0 Å². The topological polar surface area (TPSA) is 15.6 Å². The summed E-state index contributed by atoms with van der Waals surface area (Å²) >= 11 is 0. The normalized spacial score (nSPS) is 23.4. The van der Waals surface area contributed by atoms with Crippen molar-refractivity contribution in [3.05, 3.63) is 30.3 Å². The zero-order valence-corrected chi connectivity index (χ0v) is 10.2. The van der Waals surface area contributed by atoms with Crippen molar-refractivity contribution in [1.29, 1.82) is 0 Å². The van der Waals surface area contributed by atoms with E-state index in [1.807, 2.05) is 18.1 Å². The van der Waals surface area contributed by atoms with Gasteiger partial charge in [0.05, 0.1) is 5.69 Å². The first-order valence-corrected chi connectivity index (χ1v) is 6.13. The van der Waals surface area contributed by atoms with Crippen molar-refractivity contribution < 1.29 is 0 Å². The summed E-state index contributed by atoms with van der Waals surface area (Å²) in [5.74, 6) is 0.653. The molecule has 2 rings (SSSR count). The molecule has 1 unspecified atom stereocenters. The molecular weight excluding hydrogens is 196 g/mol. The zero-order chi connectivity index (χ0) is 11.4. The Hall–Kier alpha value is -1.31. The molecule has 0 saturated heterocycles. The molecule has 1 saturated carbocycles. The van der Waals surface area contributed by atoms with Gasteiger partial charge in [0, 0.05) is 12.8 Å². The number of nitrogens with zero attached hydrogens (tertiary/aromatic N) is 2. The molecule has 0 spiro atoms. The minimum absolute atomic E-state index is 0.653. The predicted molar refractivity (Wildman–Crippen MR) is 69.9 cm³/mol. The number of benzene rings is 1. The smallest absolute Gasteiger partial charge is 0.0590 e. The predicted octanol–water partition coefficient (Wildman–Crippen LogP) is 3.69. The van der Waals surface area contributed by atoms with Crippen LogP contribution in [0.1, 0.15) is 32.6 Å². The minimum atomic E-state index is 0.653. The quantitative estimate of drug-likeness (QED) is 0.688. The molecule has 1 atom stereocenters. The number of hydrogen-bond donors (Lipinski definition) is 0. The molecule has 0 bridgehead atoms. The molecule has 0 aromatic heterocycles. The molecule has 1 aliphatic carbocycles. The van der Waals surface area contributed by atoms with Crippen LogP contribution in [0.3, 0.4) is 0 Å². The molecule has 1 fully saturated rings. The van der Waals surface area contributed by atoms with Gasteiger partial charge in [0.15, 0.2) is 0 Å². The van der Waals surface area contributed by atoms with Crippen molar-refractivity contribution in [2.45, 2.75) is 32.6 Å². The van der Waals surface area contributed by atoms with E-state index < -0.39 is 0 Å². The highest BCUT2D eigenvalue weighted by atomic mass is 15.4. The average molecular weight is 216 g/mol. The van der Waals surface area contributed by atoms with Crippen molar-refractivity contribution in [3.63, 3.8) is 0 Å². The molecule has 0 aliphatic heterocycles. The monoisotopic (exact) mass is 216 g/mol. The van der Waals surface area contributed by atoms with E-state index in [0.29, 0.717) is 5.92 Å². The van der Waals surface area contributed by atoms with Gasteiger partial charge in [0.1, 0.15) is 0 Å². The van der Waals surface area contributed by atoms with E-state index in [1.54, 1.807) is 0 Å². The van der Waals surface area contributed by atoms with E-state index >= 15 is 0 Å². The molecule has 86 valence electrons. The van der Waals surface area contributed by atoms with Crippen molar-refractivity contribution in [1.82, 2.24) is 0 Å². The first-order chi connectivity index (χ1) is 7.77. The first kappa shape index (κ1) is 11.2. The summed E-state index contributed by atoms with van der Waals surface area (Å²) in [4.78, 5) is 0. The van der Waals surface area contributed by atoms with Crippen LogP contribution in [-0.4, -0.2) is 12.8 Å². The number of anilines is 1. The van der Waals surface area contributed by atoms with Gasteiger partial charge in [0.25, 0.3) is 0 Å². The Bertz CT molecular complexity index is 356. The van der Waals surface area contributed by atoms with Gasteiger partial charge in [-0.25, -0.2) is 0 Å². The summed E-state index contributed by atoms with van der Waals surface area (Å²) in [5.41, 5.74) is 2.52. The third-order valence-electron chi connectivity index (χ3n) is 3.30. The SMILES string of the molecule is CC1CCCC/C1=N\N(C)c1ccccc1. The molecule has 1 aliphatic rings. The second-order valence-corrected chi connectivity index (χ2v) is 4.60. The zero-order valence-electron chi connectivity index (χ0n) is 10.2. The van der Waals surface area contributed by atoms with E-state index in [9.17, 15) is 0 Å². The molecule has 1 aromatic carbocycles. The third-order valence-corrected chi connectivity index (χ3v) is 3.30. The van der Waals surface area contributed by atoms with Crippen LogP contribution < -0.4 is 5.01 Å². The first-order valence-electron chi connectivity index (χ1n) is 6.13. The third kappa shape index (κ3) is 2.63. The molecule has 0 N–H and O–H groups in total. The summed E-state index contributed by atoms with van der Waals surface area (Å²) < 4.78 is 0. The lowest BCUT2D eigenvalue weighted by atomic mass is 9.89. The molecule has 0 heterocycles. The molecule has 16 heavy (non-hydrogen) atoms. The number of para-hydroxylation sites is 1. The van der Waals surface area contributed by atoms with Gasteiger partial charge in [-0.2, -0.15) is 5.10 Å². The van der Waals surface area contributed by atoms with Gasteiger partial charge in [-0.05, 0) is 37.3 Å². The second kappa shape index (κ2) is 5.15. The highest BCUT2D eigenvalue weighted by Gasteiger charge is 2.16. The van der Waals surface area contributed by atoms with Crippen LogP contribution in [0, 0.1) is 5.92 Å². The van der Waals surface area contributed by atoms with Gasteiger partial charge >= 0.3 is 0 Å². The highest BCUT2D eigenvalue weighted by molar-refractivity contribution is 5.87. The molecule has 1 aromatic rings. The summed E-state index contributed by atoms with van der Waals surface area (Å²) in [6.07, 6.45) is 5.11.